The van der Waals surface area contributed by atoms with Gasteiger partial charge in [-0.25, -0.2) is 0 Å². The second kappa shape index (κ2) is 26.4. The van der Waals surface area contributed by atoms with Crippen molar-refractivity contribution in [3.8, 4) is 0 Å². The highest BCUT2D eigenvalue weighted by molar-refractivity contribution is 4.69. The number of nitrogens with zero attached hydrogens (tertiary/aromatic N) is 1. The summed E-state index contributed by atoms with van der Waals surface area (Å²) in [7, 11) is 0. The highest BCUT2D eigenvalue weighted by atomic mass is 16.5. The normalized spacial score (nSPS) is 13.6. The predicted octanol–water partition coefficient (Wildman–Crippen LogP) is 6.34. The van der Waals surface area contributed by atoms with Crippen LogP contribution in [0.2, 0.25) is 0 Å². The van der Waals surface area contributed by atoms with E-state index in [1.165, 1.54) is 70.6 Å². The van der Waals surface area contributed by atoms with Crippen LogP contribution in [0.4, 0.5) is 0 Å². The lowest BCUT2D eigenvalue weighted by molar-refractivity contribution is -0.0110. The van der Waals surface area contributed by atoms with Crippen molar-refractivity contribution in [2.45, 2.75) is 136 Å². The summed E-state index contributed by atoms with van der Waals surface area (Å²) in [5, 5.41) is 20.8. The van der Waals surface area contributed by atoms with Crippen LogP contribution in [0, 0.1) is 0 Å². The molecule has 0 aromatic rings. The van der Waals surface area contributed by atoms with Crippen LogP contribution in [0.1, 0.15) is 124 Å². The van der Waals surface area contributed by atoms with Gasteiger partial charge in [-0.15, -0.1) is 0 Å². The van der Waals surface area contributed by atoms with Crippen molar-refractivity contribution in [3.05, 3.63) is 0 Å². The second-order valence-corrected chi connectivity index (χ2v) is 9.81. The topological polar surface area (TPSA) is 62.2 Å². The fraction of sp³-hybridized carbons (Fsp3) is 1.00. The molecule has 0 heterocycles. The first kappa shape index (κ1) is 32.8. The van der Waals surface area contributed by atoms with E-state index in [0.29, 0.717) is 39.5 Å². The lowest BCUT2D eigenvalue weighted by atomic mass is 10.1. The molecule has 5 heteroatoms. The maximum Gasteiger partial charge on any atom is 0.0900 e. The lowest BCUT2D eigenvalue weighted by Gasteiger charge is -2.27. The third-order valence-electron chi connectivity index (χ3n) is 6.17. The number of rotatable bonds is 27. The van der Waals surface area contributed by atoms with Crippen LogP contribution >= 0.6 is 0 Å². The standard InChI is InChI=1S/C28H59NO4/c1-4-7-10-11-12-13-14-15-16-17-18-19-20-29(23-27(30)25-32-21-8-5-2)24-28(31)26-33-22-9-6-3/h27-28,30-31H,4-26H2,1-3H3. The van der Waals surface area contributed by atoms with Crippen molar-refractivity contribution in [1.82, 2.24) is 4.90 Å². The van der Waals surface area contributed by atoms with Gasteiger partial charge in [0.05, 0.1) is 25.4 Å². The molecule has 0 aliphatic rings. The Morgan fingerprint density at radius 3 is 1.27 bits per heavy atom. The Bertz CT molecular complexity index is 350. The van der Waals surface area contributed by atoms with Gasteiger partial charge in [-0.1, -0.05) is 104 Å². The maximum absolute atomic E-state index is 10.4. The van der Waals surface area contributed by atoms with E-state index in [9.17, 15) is 10.2 Å². The molecule has 0 bridgehead atoms. The van der Waals surface area contributed by atoms with Crippen molar-refractivity contribution < 1.29 is 19.7 Å². The maximum atomic E-state index is 10.4. The summed E-state index contributed by atoms with van der Waals surface area (Å²) >= 11 is 0. The Kier molecular flexibility index (Phi) is 26.2. The third kappa shape index (κ3) is 24.7. The van der Waals surface area contributed by atoms with Crippen molar-refractivity contribution in [2.75, 3.05) is 46.1 Å². The fourth-order valence-electron chi connectivity index (χ4n) is 4.07. The van der Waals surface area contributed by atoms with E-state index in [0.717, 1.165) is 38.6 Å². The minimum absolute atomic E-state index is 0.373. The predicted molar refractivity (Wildman–Crippen MR) is 141 cm³/mol. The highest BCUT2D eigenvalue weighted by Crippen LogP contribution is 2.12. The molecule has 0 rings (SSSR count). The van der Waals surface area contributed by atoms with Crippen LogP contribution in [0.25, 0.3) is 0 Å². The summed E-state index contributed by atoms with van der Waals surface area (Å²) in [4.78, 5) is 2.19. The van der Waals surface area contributed by atoms with Crippen LogP contribution in [0.15, 0.2) is 0 Å². The molecule has 0 saturated carbocycles. The zero-order valence-corrected chi connectivity index (χ0v) is 22.6. The SMILES string of the molecule is CCCCCCCCCCCCCCN(CC(O)COCCCC)CC(O)COCCCC. The zero-order valence-electron chi connectivity index (χ0n) is 22.6. The Morgan fingerprint density at radius 1 is 0.515 bits per heavy atom. The Balaban J connectivity index is 4.03. The highest BCUT2D eigenvalue weighted by Gasteiger charge is 2.16. The van der Waals surface area contributed by atoms with Gasteiger partial charge in [-0.2, -0.15) is 0 Å². The molecular formula is C28H59NO4. The summed E-state index contributed by atoms with van der Waals surface area (Å²) in [6, 6.07) is 0. The molecule has 33 heavy (non-hydrogen) atoms. The minimum atomic E-state index is -0.507. The van der Waals surface area contributed by atoms with E-state index < -0.39 is 12.2 Å². The second-order valence-electron chi connectivity index (χ2n) is 9.81. The average Bonchev–Trinajstić information content (AvgIpc) is 2.80. The van der Waals surface area contributed by atoms with Crippen molar-refractivity contribution in [3.63, 3.8) is 0 Å². The minimum Gasteiger partial charge on any atom is -0.389 e. The van der Waals surface area contributed by atoms with Gasteiger partial charge >= 0.3 is 0 Å². The van der Waals surface area contributed by atoms with Crippen LogP contribution in [-0.2, 0) is 9.47 Å². The van der Waals surface area contributed by atoms with E-state index in [2.05, 4.69) is 25.7 Å². The molecule has 2 unspecified atom stereocenters. The molecule has 200 valence electrons. The van der Waals surface area contributed by atoms with Gasteiger partial charge in [-0.3, -0.25) is 4.90 Å². The molecule has 0 aliphatic carbocycles. The molecule has 0 spiro atoms. The quantitative estimate of drug-likeness (QED) is 0.136. The summed E-state index contributed by atoms with van der Waals surface area (Å²) in [6.45, 7) is 10.7. The molecular weight excluding hydrogens is 414 g/mol. The Labute approximate surface area is 206 Å². The van der Waals surface area contributed by atoms with Gasteiger partial charge in [0.1, 0.15) is 0 Å². The number of hydrogen-bond acceptors (Lipinski definition) is 5. The third-order valence-corrected chi connectivity index (χ3v) is 6.17. The number of unbranched alkanes of at least 4 members (excludes halogenated alkanes) is 13. The first-order valence-corrected chi connectivity index (χ1v) is 14.4. The molecule has 2 N–H and O–H groups in total. The zero-order chi connectivity index (χ0) is 24.4. The first-order chi connectivity index (χ1) is 16.1. The van der Waals surface area contributed by atoms with E-state index in [1.807, 2.05) is 0 Å². The Morgan fingerprint density at radius 2 is 0.879 bits per heavy atom. The summed E-state index contributed by atoms with van der Waals surface area (Å²) in [6.07, 6.45) is 19.3. The molecule has 0 aromatic carbocycles. The molecule has 0 aliphatic heterocycles. The number of aliphatic hydroxyl groups excluding tert-OH is 2. The van der Waals surface area contributed by atoms with Gasteiger partial charge in [-0.05, 0) is 25.8 Å². The van der Waals surface area contributed by atoms with Crippen LogP contribution < -0.4 is 0 Å². The van der Waals surface area contributed by atoms with E-state index in [-0.39, 0.29) is 0 Å². The number of ether oxygens (including phenoxy) is 2. The van der Waals surface area contributed by atoms with Crippen molar-refractivity contribution in [2.24, 2.45) is 0 Å². The molecule has 0 fully saturated rings. The Hall–Kier alpha value is -0.200. The van der Waals surface area contributed by atoms with Gasteiger partial charge in [0.2, 0.25) is 0 Å². The van der Waals surface area contributed by atoms with Crippen LogP contribution in [0.5, 0.6) is 0 Å². The summed E-state index contributed by atoms with van der Waals surface area (Å²) in [5.41, 5.74) is 0. The monoisotopic (exact) mass is 473 g/mol. The van der Waals surface area contributed by atoms with E-state index >= 15 is 0 Å². The van der Waals surface area contributed by atoms with Crippen molar-refractivity contribution in [1.29, 1.82) is 0 Å². The average molecular weight is 474 g/mol. The van der Waals surface area contributed by atoms with E-state index in [4.69, 9.17) is 9.47 Å². The van der Waals surface area contributed by atoms with Gasteiger partial charge in [0, 0.05) is 26.3 Å². The molecule has 0 amide bonds. The molecule has 0 aromatic heterocycles. The largest absolute Gasteiger partial charge is 0.389 e. The van der Waals surface area contributed by atoms with Gasteiger partial charge in [0.25, 0.3) is 0 Å². The summed E-state index contributed by atoms with van der Waals surface area (Å²) in [5.74, 6) is 0. The molecule has 0 saturated heterocycles. The molecule has 5 nitrogen and oxygen atoms in total. The van der Waals surface area contributed by atoms with Crippen LogP contribution in [0.3, 0.4) is 0 Å². The van der Waals surface area contributed by atoms with Gasteiger partial charge in [0.15, 0.2) is 0 Å². The molecule has 2 atom stereocenters. The number of hydrogen-bond donors (Lipinski definition) is 2. The molecule has 0 radical (unpaired) electrons. The van der Waals surface area contributed by atoms with Crippen molar-refractivity contribution >= 4 is 0 Å². The first-order valence-electron chi connectivity index (χ1n) is 14.4. The van der Waals surface area contributed by atoms with Gasteiger partial charge < -0.3 is 19.7 Å². The van der Waals surface area contributed by atoms with Crippen LogP contribution in [-0.4, -0.2) is 73.4 Å². The smallest absolute Gasteiger partial charge is 0.0900 e. The number of aliphatic hydroxyl groups is 2. The summed E-state index contributed by atoms with van der Waals surface area (Å²) < 4.78 is 11.2. The fourth-order valence-corrected chi connectivity index (χ4v) is 4.07. The lowest BCUT2D eigenvalue weighted by Crippen LogP contribution is -2.41. The van der Waals surface area contributed by atoms with E-state index in [1.54, 1.807) is 0 Å².